The molecule has 1 atom stereocenters. The van der Waals surface area contributed by atoms with Crippen molar-refractivity contribution in [2.45, 2.75) is 52.1 Å². The molecule has 0 spiro atoms. The molecule has 0 aliphatic carbocycles. The second-order valence-electron chi connectivity index (χ2n) is 5.91. The van der Waals surface area contributed by atoms with Gasteiger partial charge in [-0.25, -0.2) is 14.8 Å². The molecule has 128 valence electrons. The van der Waals surface area contributed by atoms with Gasteiger partial charge in [0.2, 0.25) is 0 Å². The maximum Gasteiger partial charge on any atom is 0.341 e. The van der Waals surface area contributed by atoms with E-state index in [2.05, 4.69) is 16.9 Å². The van der Waals surface area contributed by atoms with Gasteiger partial charge in [0.15, 0.2) is 5.82 Å². The highest BCUT2D eigenvalue weighted by atomic mass is 16.5. The highest BCUT2D eigenvalue weighted by Gasteiger charge is 2.13. The Morgan fingerprint density at radius 2 is 1.79 bits per heavy atom. The van der Waals surface area contributed by atoms with Crippen molar-refractivity contribution in [2.24, 2.45) is 0 Å². The van der Waals surface area contributed by atoms with Gasteiger partial charge in [0.25, 0.3) is 0 Å². The Hall–Kier alpha value is -2.43. The fraction of sp³-hybridized carbons (Fsp3) is 0.421. The molecular weight excluding hydrogens is 304 g/mol. The van der Waals surface area contributed by atoms with E-state index in [1.165, 1.54) is 31.7 Å². The molecule has 0 saturated carbocycles. The van der Waals surface area contributed by atoms with Crippen LogP contribution in [0.1, 0.15) is 56.3 Å². The van der Waals surface area contributed by atoms with Gasteiger partial charge >= 0.3 is 5.97 Å². The van der Waals surface area contributed by atoms with Crippen LogP contribution in [0.25, 0.3) is 11.4 Å². The van der Waals surface area contributed by atoms with Crippen molar-refractivity contribution in [2.75, 3.05) is 0 Å². The number of benzene rings is 1. The molecule has 0 aliphatic rings. The summed E-state index contributed by atoms with van der Waals surface area (Å²) in [6.45, 7) is 4.08. The molecule has 0 bridgehead atoms. The molecule has 0 radical (unpaired) electrons. The van der Waals surface area contributed by atoms with Crippen molar-refractivity contribution in [3.63, 3.8) is 0 Å². The summed E-state index contributed by atoms with van der Waals surface area (Å²) in [7, 11) is 0. The number of rotatable bonds is 8. The quantitative estimate of drug-likeness (QED) is 0.575. The lowest BCUT2D eigenvalue weighted by molar-refractivity contribution is 0.0318. The summed E-state index contributed by atoms with van der Waals surface area (Å²) in [6.07, 6.45) is 8.36. The number of hydrogen-bond acceptors (Lipinski definition) is 5. The molecule has 0 aliphatic heterocycles. The summed E-state index contributed by atoms with van der Waals surface area (Å²) < 4.78 is 5.43. The molecule has 0 amide bonds. The van der Waals surface area contributed by atoms with Crippen LogP contribution in [0.15, 0.2) is 36.7 Å². The topological polar surface area (TPSA) is 72.3 Å². The van der Waals surface area contributed by atoms with Gasteiger partial charge < -0.3 is 9.84 Å². The van der Waals surface area contributed by atoms with E-state index in [0.29, 0.717) is 11.4 Å². The third-order valence-electron chi connectivity index (χ3n) is 3.79. The van der Waals surface area contributed by atoms with Gasteiger partial charge in [-0.1, -0.05) is 26.2 Å². The molecule has 5 heteroatoms. The molecule has 0 saturated heterocycles. The van der Waals surface area contributed by atoms with Gasteiger partial charge in [-0.15, -0.1) is 0 Å². The average molecular weight is 328 g/mol. The Kier molecular flexibility index (Phi) is 6.73. The first-order chi connectivity index (χ1) is 11.6. The smallest absolute Gasteiger partial charge is 0.341 e. The Bertz CT molecular complexity index is 639. The van der Waals surface area contributed by atoms with E-state index in [9.17, 15) is 9.90 Å². The molecule has 1 aromatic carbocycles. The largest absolute Gasteiger partial charge is 0.508 e. The average Bonchev–Trinajstić information content (AvgIpc) is 2.59. The molecule has 1 N–H and O–H groups in total. The molecule has 1 aromatic heterocycles. The minimum atomic E-state index is -0.393. The van der Waals surface area contributed by atoms with Crippen LogP contribution in [-0.2, 0) is 4.74 Å². The highest BCUT2D eigenvalue weighted by Crippen LogP contribution is 2.18. The van der Waals surface area contributed by atoms with Crippen molar-refractivity contribution in [1.29, 1.82) is 0 Å². The van der Waals surface area contributed by atoms with Crippen LogP contribution < -0.4 is 0 Å². The van der Waals surface area contributed by atoms with Gasteiger partial charge in [-0.2, -0.15) is 0 Å². The van der Waals surface area contributed by atoms with Crippen molar-refractivity contribution < 1.29 is 14.6 Å². The second-order valence-corrected chi connectivity index (χ2v) is 5.91. The minimum absolute atomic E-state index is 0.105. The van der Waals surface area contributed by atoms with E-state index in [0.717, 1.165) is 18.4 Å². The Labute approximate surface area is 142 Å². The number of carbonyl (C=O) groups excluding carboxylic acids is 1. The summed E-state index contributed by atoms with van der Waals surface area (Å²) in [4.78, 5) is 20.5. The number of nitrogens with zero attached hydrogens (tertiary/aromatic N) is 2. The van der Waals surface area contributed by atoms with Crippen molar-refractivity contribution in [1.82, 2.24) is 9.97 Å². The molecule has 5 nitrogen and oxygen atoms in total. The molecule has 24 heavy (non-hydrogen) atoms. The standard InChI is InChI=1S/C19H24N2O3/c1-3-4-5-6-7-14(2)24-19(23)16-12-20-18(21-13-16)15-8-10-17(22)11-9-15/h8-14,22H,3-7H2,1-2H3/t14-/m0/s1. The first-order valence-corrected chi connectivity index (χ1v) is 8.42. The minimum Gasteiger partial charge on any atom is -0.508 e. The number of esters is 1. The zero-order valence-corrected chi connectivity index (χ0v) is 14.2. The van der Waals surface area contributed by atoms with Gasteiger partial charge in [-0.05, 0) is 44.0 Å². The number of ether oxygens (including phenoxy) is 1. The van der Waals surface area contributed by atoms with Gasteiger partial charge in [0.1, 0.15) is 5.75 Å². The Balaban J connectivity index is 1.90. The number of phenolic OH excluding ortho intramolecular Hbond substituents is 1. The molecule has 2 aromatic rings. The summed E-state index contributed by atoms with van der Waals surface area (Å²) >= 11 is 0. The van der Waals surface area contributed by atoms with E-state index >= 15 is 0 Å². The summed E-state index contributed by atoms with van der Waals surface area (Å²) in [5, 5.41) is 9.29. The van der Waals surface area contributed by atoms with Crippen LogP contribution in [0.4, 0.5) is 0 Å². The van der Waals surface area contributed by atoms with Gasteiger partial charge in [0, 0.05) is 18.0 Å². The zero-order valence-electron chi connectivity index (χ0n) is 14.2. The number of aromatic hydroxyl groups is 1. The number of carbonyl (C=O) groups is 1. The molecule has 2 rings (SSSR count). The number of phenols is 1. The van der Waals surface area contributed by atoms with Crippen LogP contribution in [-0.4, -0.2) is 27.1 Å². The third kappa shape index (κ3) is 5.33. The Morgan fingerprint density at radius 3 is 2.42 bits per heavy atom. The van der Waals surface area contributed by atoms with E-state index in [1.54, 1.807) is 24.3 Å². The lowest BCUT2D eigenvalue weighted by Gasteiger charge is -2.13. The van der Waals surface area contributed by atoms with Crippen LogP contribution in [0.5, 0.6) is 5.75 Å². The van der Waals surface area contributed by atoms with E-state index in [1.807, 2.05) is 6.92 Å². The normalized spacial score (nSPS) is 11.9. The highest BCUT2D eigenvalue weighted by molar-refractivity contribution is 5.88. The fourth-order valence-corrected chi connectivity index (χ4v) is 2.36. The van der Waals surface area contributed by atoms with Gasteiger partial charge in [-0.3, -0.25) is 0 Å². The summed E-state index contributed by atoms with van der Waals surface area (Å²) in [6, 6.07) is 6.59. The van der Waals surface area contributed by atoms with Crippen LogP contribution in [0.3, 0.4) is 0 Å². The van der Waals surface area contributed by atoms with E-state index in [4.69, 9.17) is 4.74 Å². The van der Waals surface area contributed by atoms with Crippen LogP contribution in [0, 0.1) is 0 Å². The monoisotopic (exact) mass is 328 g/mol. The van der Waals surface area contributed by atoms with Crippen molar-refractivity contribution in [3.8, 4) is 17.1 Å². The van der Waals surface area contributed by atoms with Crippen molar-refractivity contribution >= 4 is 5.97 Å². The fourth-order valence-electron chi connectivity index (χ4n) is 2.36. The van der Waals surface area contributed by atoms with Crippen LogP contribution >= 0.6 is 0 Å². The lowest BCUT2D eigenvalue weighted by Crippen LogP contribution is -2.15. The zero-order chi connectivity index (χ0) is 17.4. The molecule has 0 fully saturated rings. The summed E-state index contributed by atoms with van der Waals surface area (Å²) in [5.74, 6) is 0.293. The van der Waals surface area contributed by atoms with Crippen LogP contribution in [0.2, 0.25) is 0 Å². The van der Waals surface area contributed by atoms with Crippen molar-refractivity contribution in [3.05, 3.63) is 42.2 Å². The maximum atomic E-state index is 12.1. The number of aromatic nitrogens is 2. The van der Waals surface area contributed by atoms with E-state index < -0.39 is 5.97 Å². The first kappa shape index (κ1) is 17.9. The molecule has 1 heterocycles. The summed E-state index contributed by atoms with van der Waals surface area (Å²) in [5.41, 5.74) is 1.12. The second kappa shape index (κ2) is 9.01. The predicted octanol–water partition coefficient (Wildman–Crippen LogP) is 4.36. The Morgan fingerprint density at radius 1 is 1.12 bits per heavy atom. The van der Waals surface area contributed by atoms with E-state index in [-0.39, 0.29) is 11.9 Å². The van der Waals surface area contributed by atoms with Gasteiger partial charge in [0.05, 0.1) is 11.7 Å². The third-order valence-corrected chi connectivity index (χ3v) is 3.79. The predicted molar refractivity (Wildman–Crippen MR) is 92.8 cm³/mol. The number of unbranched alkanes of at least 4 members (excludes halogenated alkanes) is 3. The first-order valence-electron chi connectivity index (χ1n) is 8.42. The lowest BCUT2D eigenvalue weighted by atomic mass is 10.1. The number of hydrogen-bond donors (Lipinski definition) is 1. The molecular formula is C19H24N2O3. The molecule has 0 unspecified atom stereocenters. The maximum absolute atomic E-state index is 12.1. The SMILES string of the molecule is CCCCCC[C@H](C)OC(=O)c1cnc(-c2ccc(O)cc2)nc1.